The van der Waals surface area contributed by atoms with Gasteiger partial charge in [-0.3, -0.25) is 4.90 Å². The molecular formula is C14H21N3O2. The Morgan fingerprint density at radius 3 is 2.84 bits per heavy atom. The Morgan fingerprint density at radius 2 is 2.21 bits per heavy atom. The molecule has 0 unspecified atom stereocenters. The molecule has 0 spiro atoms. The summed E-state index contributed by atoms with van der Waals surface area (Å²) in [5, 5.41) is 12.3. The van der Waals surface area contributed by atoms with Crippen molar-refractivity contribution in [2.45, 2.75) is 32.4 Å². The lowest BCUT2D eigenvalue weighted by molar-refractivity contribution is 0.0689. The molecule has 19 heavy (non-hydrogen) atoms. The molecule has 0 atom stereocenters. The van der Waals surface area contributed by atoms with E-state index in [1.54, 1.807) is 6.07 Å². The average Bonchev–Trinajstić information content (AvgIpc) is 2.46. The number of aromatic carboxylic acids is 1. The Bertz CT molecular complexity index is 430. The maximum absolute atomic E-state index is 10.9. The summed E-state index contributed by atoms with van der Waals surface area (Å²) >= 11 is 0. The number of carbonyl (C=O) groups is 1. The number of carboxylic acids is 1. The highest BCUT2D eigenvalue weighted by Crippen LogP contribution is 2.14. The van der Waals surface area contributed by atoms with Crippen LogP contribution < -0.4 is 5.32 Å². The smallest absolute Gasteiger partial charge is 0.354 e. The van der Waals surface area contributed by atoms with Crippen LogP contribution in [0.5, 0.6) is 0 Å². The predicted octanol–water partition coefficient (Wildman–Crippen LogP) is 1.35. The largest absolute Gasteiger partial charge is 0.477 e. The molecule has 2 heterocycles. The minimum absolute atomic E-state index is 0.124. The lowest BCUT2D eigenvalue weighted by Crippen LogP contribution is -2.42. The van der Waals surface area contributed by atoms with Gasteiger partial charge in [0.1, 0.15) is 5.69 Å². The van der Waals surface area contributed by atoms with Crippen LogP contribution in [0.2, 0.25) is 0 Å². The monoisotopic (exact) mass is 263 g/mol. The summed E-state index contributed by atoms with van der Waals surface area (Å²) in [5.41, 5.74) is 0.958. The van der Waals surface area contributed by atoms with Gasteiger partial charge in [0, 0.05) is 12.6 Å². The van der Waals surface area contributed by atoms with E-state index in [1.807, 2.05) is 6.07 Å². The number of aromatic nitrogens is 1. The van der Waals surface area contributed by atoms with Crippen molar-refractivity contribution in [2.24, 2.45) is 0 Å². The number of nitrogens with zero attached hydrogens (tertiary/aromatic N) is 2. The fourth-order valence-electron chi connectivity index (χ4n) is 2.57. The lowest BCUT2D eigenvalue weighted by atomic mass is 10.0. The van der Waals surface area contributed by atoms with E-state index in [2.05, 4.69) is 22.1 Å². The number of pyridine rings is 1. The van der Waals surface area contributed by atoms with Gasteiger partial charge in [-0.1, -0.05) is 13.0 Å². The third kappa shape index (κ3) is 3.75. The van der Waals surface area contributed by atoms with Gasteiger partial charge in [-0.2, -0.15) is 0 Å². The van der Waals surface area contributed by atoms with E-state index in [0.29, 0.717) is 6.04 Å². The van der Waals surface area contributed by atoms with Gasteiger partial charge in [0.15, 0.2) is 0 Å². The van der Waals surface area contributed by atoms with Gasteiger partial charge in [-0.15, -0.1) is 0 Å². The molecule has 1 fully saturated rings. The summed E-state index contributed by atoms with van der Waals surface area (Å²) in [7, 11) is 0. The molecule has 0 aliphatic carbocycles. The van der Waals surface area contributed by atoms with Crippen LogP contribution in [0.1, 0.15) is 35.9 Å². The van der Waals surface area contributed by atoms with Gasteiger partial charge >= 0.3 is 5.97 Å². The van der Waals surface area contributed by atoms with Gasteiger partial charge in [-0.25, -0.2) is 9.78 Å². The topological polar surface area (TPSA) is 65.5 Å². The van der Waals surface area contributed by atoms with Gasteiger partial charge < -0.3 is 10.4 Å². The van der Waals surface area contributed by atoms with Crippen molar-refractivity contribution in [3.63, 3.8) is 0 Å². The molecule has 1 aromatic rings. The number of hydrogen-bond acceptors (Lipinski definition) is 4. The molecule has 5 heteroatoms. The molecule has 0 radical (unpaired) electrons. The molecule has 5 nitrogen and oxygen atoms in total. The average molecular weight is 263 g/mol. The second kappa shape index (κ2) is 6.63. The summed E-state index contributed by atoms with van der Waals surface area (Å²) in [4.78, 5) is 17.5. The van der Waals surface area contributed by atoms with Crippen LogP contribution >= 0.6 is 0 Å². The lowest BCUT2D eigenvalue weighted by Gasteiger charge is -2.33. The van der Waals surface area contributed by atoms with Crippen LogP contribution in [0.25, 0.3) is 0 Å². The zero-order chi connectivity index (χ0) is 13.7. The fraction of sp³-hybridized carbons (Fsp3) is 0.571. The minimum Gasteiger partial charge on any atom is -0.477 e. The summed E-state index contributed by atoms with van der Waals surface area (Å²) < 4.78 is 0. The van der Waals surface area contributed by atoms with Crippen molar-refractivity contribution in [2.75, 3.05) is 19.6 Å². The summed E-state index contributed by atoms with van der Waals surface area (Å²) in [6.07, 6.45) is 2.29. The first-order valence-corrected chi connectivity index (χ1v) is 6.84. The highest BCUT2D eigenvalue weighted by atomic mass is 16.4. The van der Waals surface area contributed by atoms with Crippen molar-refractivity contribution < 1.29 is 9.90 Å². The maximum atomic E-state index is 10.9. The van der Waals surface area contributed by atoms with E-state index in [4.69, 9.17) is 5.11 Å². The van der Waals surface area contributed by atoms with Crippen LogP contribution in [0, 0.1) is 0 Å². The molecular weight excluding hydrogens is 242 g/mol. The highest BCUT2D eigenvalue weighted by molar-refractivity contribution is 5.85. The molecule has 0 aromatic carbocycles. The summed E-state index contributed by atoms with van der Waals surface area (Å²) in [6, 6.07) is 5.77. The van der Waals surface area contributed by atoms with Crippen molar-refractivity contribution in [3.05, 3.63) is 29.6 Å². The molecule has 0 saturated carbocycles. The van der Waals surface area contributed by atoms with Crippen LogP contribution in [0.3, 0.4) is 0 Å². The van der Waals surface area contributed by atoms with Crippen LogP contribution in [0.4, 0.5) is 0 Å². The molecule has 0 amide bonds. The zero-order valence-corrected chi connectivity index (χ0v) is 11.3. The van der Waals surface area contributed by atoms with E-state index in [1.165, 1.54) is 6.07 Å². The molecule has 2 N–H and O–H groups in total. The van der Waals surface area contributed by atoms with Gasteiger partial charge in [0.05, 0.1) is 5.69 Å². The summed E-state index contributed by atoms with van der Waals surface area (Å²) in [5.74, 6) is -0.966. The van der Waals surface area contributed by atoms with Crippen LogP contribution in [-0.4, -0.2) is 46.6 Å². The Hall–Kier alpha value is -1.46. The minimum atomic E-state index is -0.966. The SMILES string of the molecule is CCN(Cc1cccc(C(=O)O)n1)C1CCNCC1. The summed E-state index contributed by atoms with van der Waals surface area (Å²) in [6.45, 7) is 5.95. The van der Waals surface area contributed by atoms with Crippen molar-refractivity contribution >= 4 is 5.97 Å². The van der Waals surface area contributed by atoms with Crippen molar-refractivity contribution in [3.8, 4) is 0 Å². The van der Waals surface area contributed by atoms with Crippen molar-refractivity contribution in [1.29, 1.82) is 0 Å². The first-order chi connectivity index (χ1) is 9.20. The number of piperidine rings is 1. The van der Waals surface area contributed by atoms with Crippen molar-refractivity contribution in [1.82, 2.24) is 15.2 Å². The first kappa shape index (κ1) is 14.0. The second-order valence-electron chi connectivity index (χ2n) is 4.86. The van der Waals surface area contributed by atoms with E-state index >= 15 is 0 Å². The second-order valence-corrected chi connectivity index (χ2v) is 4.86. The van der Waals surface area contributed by atoms with E-state index < -0.39 is 5.97 Å². The normalized spacial score (nSPS) is 16.7. The first-order valence-electron chi connectivity index (χ1n) is 6.84. The van der Waals surface area contributed by atoms with Gasteiger partial charge in [-0.05, 0) is 44.6 Å². The van der Waals surface area contributed by atoms with Gasteiger partial charge in [0.25, 0.3) is 0 Å². The van der Waals surface area contributed by atoms with E-state index in [-0.39, 0.29) is 5.69 Å². The number of rotatable bonds is 5. The molecule has 1 aliphatic heterocycles. The van der Waals surface area contributed by atoms with E-state index in [9.17, 15) is 4.79 Å². The van der Waals surface area contributed by atoms with Gasteiger partial charge in [0.2, 0.25) is 0 Å². The third-order valence-electron chi connectivity index (χ3n) is 3.62. The number of hydrogen-bond donors (Lipinski definition) is 2. The molecule has 1 aromatic heterocycles. The quantitative estimate of drug-likeness (QED) is 0.839. The van der Waals surface area contributed by atoms with E-state index in [0.717, 1.165) is 44.7 Å². The third-order valence-corrected chi connectivity index (χ3v) is 3.62. The molecule has 104 valence electrons. The Labute approximate surface area is 113 Å². The Kier molecular flexibility index (Phi) is 4.87. The predicted molar refractivity (Wildman–Crippen MR) is 73.2 cm³/mol. The Balaban J connectivity index is 2.04. The maximum Gasteiger partial charge on any atom is 0.354 e. The van der Waals surface area contributed by atoms with Crippen LogP contribution in [-0.2, 0) is 6.54 Å². The molecule has 1 saturated heterocycles. The number of carboxylic acid groups (broad SMARTS) is 1. The van der Waals surface area contributed by atoms with Crippen LogP contribution in [0.15, 0.2) is 18.2 Å². The number of nitrogens with one attached hydrogen (secondary N) is 1. The molecule has 0 bridgehead atoms. The highest BCUT2D eigenvalue weighted by Gasteiger charge is 2.20. The molecule has 2 rings (SSSR count). The standard InChI is InChI=1S/C14H21N3O2/c1-2-17(12-6-8-15-9-7-12)10-11-4-3-5-13(16-11)14(18)19/h3-5,12,15H,2,6-10H2,1H3,(H,18,19). The Morgan fingerprint density at radius 1 is 1.47 bits per heavy atom. The molecule has 1 aliphatic rings. The fourth-order valence-corrected chi connectivity index (χ4v) is 2.57. The zero-order valence-electron chi connectivity index (χ0n) is 11.3.